The summed E-state index contributed by atoms with van der Waals surface area (Å²) in [6, 6.07) is 3.99. The number of nitrogens with zero attached hydrogens (tertiary/aromatic N) is 1. The molecule has 0 N–H and O–H groups in total. The van der Waals surface area contributed by atoms with Gasteiger partial charge in [0.1, 0.15) is 0 Å². The van der Waals surface area contributed by atoms with Gasteiger partial charge in [-0.3, -0.25) is 0 Å². The Bertz CT molecular complexity index is 194. The summed E-state index contributed by atoms with van der Waals surface area (Å²) < 4.78 is 2.02. The highest BCUT2D eigenvalue weighted by atomic mass is 14.9. The maximum atomic E-state index is 3.66. The predicted molar refractivity (Wildman–Crippen MR) is 39.7 cm³/mol. The number of aromatic nitrogens is 1. The van der Waals surface area contributed by atoms with E-state index in [0.717, 1.165) is 5.70 Å². The van der Waals surface area contributed by atoms with Crippen molar-refractivity contribution in [2.45, 2.75) is 6.92 Å². The van der Waals surface area contributed by atoms with Crippen LogP contribution in [-0.2, 0) is 0 Å². The molecule has 1 nitrogen and oxygen atoms in total. The summed E-state index contributed by atoms with van der Waals surface area (Å²) in [5.41, 5.74) is 1.15. The van der Waals surface area contributed by atoms with Gasteiger partial charge in [0.2, 0.25) is 0 Å². The van der Waals surface area contributed by atoms with E-state index in [1.807, 2.05) is 42.1 Å². The van der Waals surface area contributed by atoms with E-state index in [-0.39, 0.29) is 0 Å². The highest BCUT2D eigenvalue weighted by Gasteiger charge is 1.85. The lowest BCUT2D eigenvalue weighted by atomic mass is 10.4. The van der Waals surface area contributed by atoms with Gasteiger partial charge >= 0.3 is 0 Å². The molecular formula is C8H10N. The lowest BCUT2D eigenvalue weighted by Crippen LogP contribution is -1.85. The minimum absolute atomic E-state index is 1.15. The number of rotatable bonds is 1. The molecule has 1 heteroatoms. The Labute approximate surface area is 55.6 Å². The normalized spacial score (nSPS) is 12.0. The minimum atomic E-state index is 1.15. The molecule has 0 aliphatic carbocycles. The van der Waals surface area contributed by atoms with Gasteiger partial charge in [-0.2, -0.15) is 0 Å². The average molecular weight is 120 g/mol. The first-order chi connectivity index (χ1) is 4.34. The van der Waals surface area contributed by atoms with Crippen molar-refractivity contribution in [3.8, 4) is 0 Å². The summed E-state index contributed by atoms with van der Waals surface area (Å²) in [5, 5.41) is 0. The van der Waals surface area contributed by atoms with E-state index in [1.165, 1.54) is 0 Å². The molecule has 0 aliphatic heterocycles. The molecule has 47 valence electrons. The lowest BCUT2D eigenvalue weighted by Gasteiger charge is -1.98. The smallest absolute Gasteiger partial charge is 0.0149 e. The molecule has 0 aliphatic rings. The van der Waals surface area contributed by atoms with Crippen LogP contribution in [0.25, 0.3) is 5.70 Å². The van der Waals surface area contributed by atoms with Crippen molar-refractivity contribution in [2.24, 2.45) is 0 Å². The Morgan fingerprint density at radius 2 is 2.00 bits per heavy atom. The van der Waals surface area contributed by atoms with Gasteiger partial charge in [0.05, 0.1) is 0 Å². The summed E-state index contributed by atoms with van der Waals surface area (Å²) >= 11 is 0. The zero-order valence-electron chi connectivity index (χ0n) is 5.54. The first-order valence-corrected chi connectivity index (χ1v) is 2.94. The van der Waals surface area contributed by atoms with Crippen LogP contribution in [-0.4, -0.2) is 4.57 Å². The fourth-order valence-electron chi connectivity index (χ4n) is 0.675. The lowest BCUT2D eigenvalue weighted by molar-refractivity contribution is 1.10. The Hall–Kier alpha value is -0.980. The van der Waals surface area contributed by atoms with Crippen molar-refractivity contribution < 1.29 is 0 Å². The van der Waals surface area contributed by atoms with E-state index in [4.69, 9.17) is 0 Å². The summed E-state index contributed by atoms with van der Waals surface area (Å²) in [7, 11) is 0. The van der Waals surface area contributed by atoms with Gasteiger partial charge in [-0.15, -0.1) is 0 Å². The van der Waals surface area contributed by atoms with Gasteiger partial charge < -0.3 is 4.57 Å². The molecule has 1 radical (unpaired) electrons. The van der Waals surface area contributed by atoms with Crippen molar-refractivity contribution in [1.29, 1.82) is 0 Å². The van der Waals surface area contributed by atoms with Crippen LogP contribution in [0.5, 0.6) is 0 Å². The van der Waals surface area contributed by atoms with Crippen LogP contribution < -0.4 is 0 Å². The maximum Gasteiger partial charge on any atom is 0.0149 e. The van der Waals surface area contributed by atoms with Crippen LogP contribution in [0.4, 0.5) is 0 Å². The molecule has 9 heavy (non-hydrogen) atoms. The molecule has 1 rings (SSSR count). The van der Waals surface area contributed by atoms with Gasteiger partial charge in [0.15, 0.2) is 0 Å². The zero-order chi connectivity index (χ0) is 6.69. The molecule has 0 saturated heterocycles. The quantitative estimate of drug-likeness (QED) is 0.535. The monoisotopic (exact) mass is 120 g/mol. The van der Waals surface area contributed by atoms with Gasteiger partial charge in [0, 0.05) is 18.1 Å². The fraction of sp³-hybridized carbons (Fsp3) is 0.125. The zero-order valence-corrected chi connectivity index (χ0v) is 5.54. The molecule has 0 amide bonds. The summed E-state index contributed by atoms with van der Waals surface area (Å²) in [4.78, 5) is 0. The summed E-state index contributed by atoms with van der Waals surface area (Å²) in [5.74, 6) is 0. The molecule has 0 saturated carbocycles. The van der Waals surface area contributed by atoms with Gasteiger partial charge in [0.25, 0.3) is 0 Å². The van der Waals surface area contributed by atoms with E-state index >= 15 is 0 Å². The molecular weight excluding hydrogens is 110 g/mol. The van der Waals surface area contributed by atoms with Crippen LogP contribution in [0.15, 0.2) is 30.6 Å². The summed E-state index contributed by atoms with van der Waals surface area (Å²) in [6.07, 6.45) is 5.83. The maximum absolute atomic E-state index is 3.66. The van der Waals surface area contributed by atoms with Crippen LogP contribution >= 0.6 is 0 Å². The fourth-order valence-corrected chi connectivity index (χ4v) is 0.675. The highest BCUT2D eigenvalue weighted by Crippen LogP contribution is 2.01. The third-order valence-electron chi connectivity index (χ3n) is 1.31. The van der Waals surface area contributed by atoms with E-state index in [1.54, 1.807) is 0 Å². The largest absolute Gasteiger partial charge is 0.328 e. The third kappa shape index (κ3) is 1.22. The number of allylic oxidation sites excluding steroid dienone is 2. The highest BCUT2D eigenvalue weighted by molar-refractivity contribution is 5.42. The molecule has 0 spiro atoms. The molecule has 1 aromatic heterocycles. The van der Waals surface area contributed by atoms with E-state index in [0.29, 0.717) is 0 Å². The first kappa shape index (κ1) is 6.14. The minimum Gasteiger partial charge on any atom is -0.328 e. The van der Waals surface area contributed by atoms with Crippen LogP contribution in [0.1, 0.15) is 6.92 Å². The van der Waals surface area contributed by atoms with E-state index < -0.39 is 0 Å². The summed E-state index contributed by atoms with van der Waals surface area (Å²) in [6.45, 7) is 5.68. The first-order valence-electron chi connectivity index (χ1n) is 2.94. The SMILES string of the molecule is [CH2]C=C(C)n1cccc1. The van der Waals surface area contributed by atoms with Crippen LogP contribution in [0.3, 0.4) is 0 Å². The Morgan fingerprint density at radius 3 is 2.44 bits per heavy atom. The van der Waals surface area contributed by atoms with E-state index in [2.05, 4.69) is 6.92 Å². The average Bonchev–Trinajstić information content (AvgIpc) is 2.37. The Balaban J connectivity index is 2.90. The van der Waals surface area contributed by atoms with Crippen LogP contribution in [0.2, 0.25) is 0 Å². The molecule has 0 atom stereocenters. The molecule has 0 aromatic carbocycles. The number of hydrogen-bond acceptors (Lipinski definition) is 0. The van der Waals surface area contributed by atoms with Gasteiger partial charge in [-0.05, 0) is 26.0 Å². The second-order valence-corrected chi connectivity index (χ2v) is 1.94. The topological polar surface area (TPSA) is 4.93 Å². The molecule has 0 bridgehead atoms. The van der Waals surface area contributed by atoms with Gasteiger partial charge in [-0.25, -0.2) is 0 Å². The van der Waals surface area contributed by atoms with Crippen molar-refractivity contribution >= 4 is 5.70 Å². The van der Waals surface area contributed by atoms with Crippen molar-refractivity contribution in [3.63, 3.8) is 0 Å². The van der Waals surface area contributed by atoms with Crippen molar-refractivity contribution in [3.05, 3.63) is 37.5 Å². The molecule has 1 aromatic rings. The van der Waals surface area contributed by atoms with Crippen LogP contribution in [0, 0.1) is 6.92 Å². The standard InChI is InChI=1S/C8H10N/c1-3-8(2)9-6-4-5-7-9/h3-7H,1H2,2H3. The second kappa shape index (κ2) is 2.53. The molecule has 0 unspecified atom stereocenters. The third-order valence-corrected chi connectivity index (χ3v) is 1.31. The Kier molecular flexibility index (Phi) is 1.73. The molecule has 1 heterocycles. The predicted octanol–water partition coefficient (Wildman–Crippen LogP) is 2.18. The van der Waals surface area contributed by atoms with Crippen molar-refractivity contribution in [1.82, 2.24) is 4.57 Å². The second-order valence-electron chi connectivity index (χ2n) is 1.94. The Morgan fingerprint density at radius 1 is 1.44 bits per heavy atom. The van der Waals surface area contributed by atoms with Gasteiger partial charge in [-0.1, -0.05) is 6.08 Å². The van der Waals surface area contributed by atoms with E-state index in [9.17, 15) is 0 Å². The van der Waals surface area contributed by atoms with Crippen molar-refractivity contribution in [2.75, 3.05) is 0 Å². The number of hydrogen-bond donors (Lipinski definition) is 0. The molecule has 0 fully saturated rings.